The van der Waals surface area contributed by atoms with Gasteiger partial charge in [0.1, 0.15) is 0 Å². The van der Waals surface area contributed by atoms with Crippen LogP contribution in [0.15, 0.2) is 30.3 Å². The monoisotopic (exact) mass is 293 g/mol. The fraction of sp³-hybridized carbons (Fsp3) is 0.474. The van der Waals surface area contributed by atoms with Crippen LogP contribution in [0.1, 0.15) is 50.3 Å². The molecular formula is C19H23N3. The Morgan fingerprint density at radius 1 is 1.05 bits per heavy atom. The minimum absolute atomic E-state index is 0.557. The van der Waals surface area contributed by atoms with Crippen LogP contribution in [0.3, 0.4) is 0 Å². The van der Waals surface area contributed by atoms with E-state index in [2.05, 4.69) is 49.1 Å². The summed E-state index contributed by atoms with van der Waals surface area (Å²) in [7, 11) is 0. The average molecular weight is 293 g/mol. The van der Waals surface area contributed by atoms with E-state index in [-0.39, 0.29) is 0 Å². The summed E-state index contributed by atoms with van der Waals surface area (Å²) in [5.74, 6) is 1.49. The first kappa shape index (κ1) is 13.7. The molecule has 1 fully saturated rings. The predicted molar refractivity (Wildman–Crippen MR) is 90.2 cm³/mol. The molecular weight excluding hydrogens is 270 g/mol. The van der Waals surface area contributed by atoms with Crippen molar-refractivity contribution in [3.05, 3.63) is 41.6 Å². The van der Waals surface area contributed by atoms with E-state index in [9.17, 15) is 0 Å². The van der Waals surface area contributed by atoms with E-state index in [4.69, 9.17) is 9.97 Å². The minimum Gasteiger partial charge on any atom is -0.338 e. The van der Waals surface area contributed by atoms with Crippen LogP contribution in [0.25, 0.3) is 11.3 Å². The second-order valence-electron chi connectivity index (χ2n) is 6.72. The highest BCUT2D eigenvalue weighted by molar-refractivity contribution is 5.67. The van der Waals surface area contributed by atoms with Gasteiger partial charge >= 0.3 is 0 Å². The van der Waals surface area contributed by atoms with Gasteiger partial charge in [-0.25, -0.2) is 9.97 Å². The van der Waals surface area contributed by atoms with Gasteiger partial charge in [-0.2, -0.15) is 0 Å². The van der Waals surface area contributed by atoms with Crippen molar-refractivity contribution in [2.75, 3.05) is 11.4 Å². The molecule has 2 aromatic rings. The van der Waals surface area contributed by atoms with E-state index < -0.39 is 0 Å². The average Bonchev–Trinajstić information content (AvgIpc) is 2.54. The molecule has 0 saturated carbocycles. The van der Waals surface area contributed by atoms with Crippen LogP contribution in [-0.4, -0.2) is 22.6 Å². The maximum Gasteiger partial charge on any atom is 0.226 e. The summed E-state index contributed by atoms with van der Waals surface area (Å²) in [5.41, 5.74) is 5.05. The molecule has 2 heterocycles. The van der Waals surface area contributed by atoms with Crippen LogP contribution < -0.4 is 4.90 Å². The van der Waals surface area contributed by atoms with Crippen LogP contribution in [0, 0.1) is 0 Å². The van der Waals surface area contributed by atoms with Gasteiger partial charge < -0.3 is 4.90 Å². The molecule has 2 aliphatic rings. The van der Waals surface area contributed by atoms with Crippen molar-refractivity contribution in [3.63, 3.8) is 0 Å². The summed E-state index contributed by atoms with van der Waals surface area (Å²) in [5, 5.41) is 0. The molecule has 0 amide bonds. The van der Waals surface area contributed by atoms with Gasteiger partial charge in [-0.3, -0.25) is 0 Å². The third kappa shape index (κ3) is 2.20. The summed E-state index contributed by atoms with van der Waals surface area (Å²) >= 11 is 0. The molecule has 0 spiro atoms. The minimum atomic E-state index is 0.557. The molecule has 2 atom stereocenters. The first-order valence-electron chi connectivity index (χ1n) is 8.47. The van der Waals surface area contributed by atoms with Gasteiger partial charge in [-0.15, -0.1) is 0 Å². The standard InChI is InChI=1S/C19H23N3/c1-13-7-6-10-16-17(13)18(15-8-4-3-5-9-15)21-19(20-16)22-12-11-14(22)2/h3-5,8-9,13-14H,6-7,10-12H2,1-2H3/t13?,14-/m0/s1. The SMILES string of the molecule is CC1CCCc2nc(N3CC[C@@H]3C)nc(-c3ccccc3)c21. The van der Waals surface area contributed by atoms with Crippen molar-refractivity contribution in [2.24, 2.45) is 0 Å². The summed E-state index contributed by atoms with van der Waals surface area (Å²) in [6, 6.07) is 11.2. The van der Waals surface area contributed by atoms with E-state index in [0.717, 1.165) is 24.6 Å². The van der Waals surface area contributed by atoms with Crippen molar-refractivity contribution in [1.29, 1.82) is 0 Å². The van der Waals surface area contributed by atoms with E-state index in [1.54, 1.807) is 0 Å². The van der Waals surface area contributed by atoms with Gasteiger partial charge in [-0.05, 0) is 38.5 Å². The zero-order valence-electron chi connectivity index (χ0n) is 13.4. The number of aryl methyl sites for hydroxylation is 1. The number of hydrogen-bond donors (Lipinski definition) is 0. The highest BCUT2D eigenvalue weighted by Gasteiger charge is 2.30. The maximum atomic E-state index is 4.99. The number of anilines is 1. The number of benzene rings is 1. The molecule has 1 aromatic carbocycles. The molecule has 3 heteroatoms. The molecule has 22 heavy (non-hydrogen) atoms. The smallest absolute Gasteiger partial charge is 0.226 e. The molecule has 4 rings (SSSR count). The molecule has 1 aliphatic heterocycles. The number of nitrogens with zero attached hydrogens (tertiary/aromatic N) is 3. The van der Waals surface area contributed by atoms with Crippen molar-refractivity contribution in [1.82, 2.24) is 9.97 Å². The molecule has 1 saturated heterocycles. The van der Waals surface area contributed by atoms with Crippen molar-refractivity contribution < 1.29 is 0 Å². The van der Waals surface area contributed by atoms with Crippen LogP contribution in [0.5, 0.6) is 0 Å². The summed E-state index contributed by atoms with van der Waals surface area (Å²) < 4.78 is 0. The first-order chi connectivity index (χ1) is 10.7. The van der Waals surface area contributed by atoms with Crippen molar-refractivity contribution >= 4 is 5.95 Å². The van der Waals surface area contributed by atoms with E-state index >= 15 is 0 Å². The summed E-state index contributed by atoms with van der Waals surface area (Å²) in [4.78, 5) is 12.3. The molecule has 114 valence electrons. The van der Waals surface area contributed by atoms with E-state index in [1.807, 2.05) is 0 Å². The Bertz CT molecular complexity index is 681. The highest BCUT2D eigenvalue weighted by Crippen LogP contribution is 2.38. The Kier molecular flexibility index (Phi) is 3.36. The largest absolute Gasteiger partial charge is 0.338 e. The molecule has 0 bridgehead atoms. The Labute approximate surface area is 132 Å². The van der Waals surface area contributed by atoms with Gasteiger partial charge in [0.15, 0.2) is 0 Å². The second-order valence-corrected chi connectivity index (χ2v) is 6.72. The summed E-state index contributed by atoms with van der Waals surface area (Å²) in [6.45, 7) is 5.67. The van der Waals surface area contributed by atoms with Crippen LogP contribution in [-0.2, 0) is 6.42 Å². The molecule has 0 N–H and O–H groups in total. The molecule has 0 radical (unpaired) electrons. The maximum absolute atomic E-state index is 4.99. The Balaban J connectivity index is 1.88. The number of aromatic nitrogens is 2. The molecule has 3 nitrogen and oxygen atoms in total. The zero-order valence-corrected chi connectivity index (χ0v) is 13.4. The van der Waals surface area contributed by atoms with Crippen molar-refractivity contribution in [2.45, 2.75) is 51.5 Å². The van der Waals surface area contributed by atoms with Crippen LogP contribution in [0.4, 0.5) is 5.95 Å². The van der Waals surface area contributed by atoms with Crippen molar-refractivity contribution in [3.8, 4) is 11.3 Å². The molecule has 1 unspecified atom stereocenters. The number of fused-ring (bicyclic) bond motifs is 1. The third-order valence-corrected chi connectivity index (χ3v) is 5.18. The quantitative estimate of drug-likeness (QED) is 0.831. The Morgan fingerprint density at radius 2 is 1.86 bits per heavy atom. The lowest BCUT2D eigenvalue weighted by Gasteiger charge is -2.39. The molecule has 1 aliphatic carbocycles. The van der Waals surface area contributed by atoms with Gasteiger partial charge in [0.05, 0.1) is 11.4 Å². The predicted octanol–water partition coefficient (Wildman–Crippen LogP) is 4.18. The fourth-order valence-corrected chi connectivity index (χ4v) is 3.69. The van der Waals surface area contributed by atoms with E-state index in [0.29, 0.717) is 12.0 Å². The van der Waals surface area contributed by atoms with E-state index in [1.165, 1.54) is 36.1 Å². The summed E-state index contributed by atoms with van der Waals surface area (Å²) in [6.07, 6.45) is 4.83. The lowest BCUT2D eigenvalue weighted by molar-refractivity contribution is 0.467. The van der Waals surface area contributed by atoms with Gasteiger partial charge in [0.2, 0.25) is 5.95 Å². The third-order valence-electron chi connectivity index (χ3n) is 5.18. The van der Waals surface area contributed by atoms with Gasteiger partial charge in [0.25, 0.3) is 0 Å². The lowest BCUT2D eigenvalue weighted by Crippen LogP contribution is -2.47. The highest BCUT2D eigenvalue weighted by atomic mass is 15.3. The Hall–Kier alpha value is -1.90. The number of hydrogen-bond acceptors (Lipinski definition) is 3. The van der Waals surface area contributed by atoms with Crippen LogP contribution >= 0.6 is 0 Å². The molecule has 1 aromatic heterocycles. The zero-order chi connectivity index (χ0) is 15.1. The normalized spacial score (nSPS) is 23.8. The lowest BCUT2D eigenvalue weighted by atomic mass is 9.84. The fourth-order valence-electron chi connectivity index (χ4n) is 3.69. The second kappa shape index (κ2) is 5.38. The Morgan fingerprint density at radius 3 is 2.55 bits per heavy atom. The van der Waals surface area contributed by atoms with Gasteiger partial charge in [-0.1, -0.05) is 37.3 Å². The topological polar surface area (TPSA) is 29.0 Å². The number of rotatable bonds is 2. The van der Waals surface area contributed by atoms with Gasteiger partial charge in [0, 0.05) is 23.7 Å². The van der Waals surface area contributed by atoms with Crippen LogP contribution in [0.2, 0.25) is 0 Å². The first-order valence-corrected chi connectivity index (χ1v) is 8.47.